The third-order valence-electron chi connectivity index (χ3n) is 16.9. The second-order valence-electron chi connectivity index (χ2n) is 22.4. The number of phenols is 1. The molecule has 3 aliphatic carbocycles. The molecule has 392 valence electrons. The summed E-state index contributed by atoms with van der Waals surface area (Å²) in [5.41, 5.74) is 1.78. The van der Waals surface area contributed by atoms with Gasteiger partial charge in [-0.25, -0.2) is 4.79 Å². The molecule has 0 saturated heterocycles. The van der Waals surface area contributed by atoms with Crippen molar-refractivity contribution in [3.8, 4) is 23.3 Å². The Morgan fingerprint density at radius 1 is 0.890 bits per heavy atom. The molecule has 9 rings (SSSR count). The van der Waals surface area contributed by atoms with E-state index >= 15 is 4.79 Å². The number of carbonyl (C=O) groups is 3. The first kappa shape index (κ1) is 52.8. The number of benzene rings is 3. The molecule has 3 fully saturated rings. The summed E-state index contributed by atoms with van der Waals surface area (Å²) < 4.78 is 18.8. The van der Waals surface area contributed by atoms with Gasteiger partial charge in [0.05, 0.1) is 37.8 Å². The first-order valence-electron chi connectivity index (χ1n) is 27.1. The molecule has 3 saturated carbocycles. The fraction of sp³-hybridized carbons (Fsp3) is 0.583. The van der Waals surface area contributed by atoms with Gasteiger partial charge in [0.25, 0.3) is 0 Å². The Bertz CT molecular complexity index is 2600. The first-order valence-corrected chi connectivity index (χ1v) is 27.1. The van der Waals surface area contributed by atoms with Gasteiger partial charge in [-0.1, -0.05) is 87.6 Å². The fourth-order valence-electron chi connectivity index (χ4n) is 12.7. The molecule has 0 amide bonds. The summed E-state index contributed by atoms with van der Waals surface area (Å²) in [6.07, 6.45) is 8.52. The maximum absolute atomic E-state index is 15.4. The number of esters is 2. The summed E-state index contributed by atoms with van der Waals surface area (Å²) in [4.78, 5) is 42.8. The zero-order valence-corrected chi connectivity index (χ0v) is 42.6. The smallest absolute Gasteiger partial charge is 0.334 e. The van der Waals surface area contributed by atoms with Crippen LogP contribution in [0.25, 0.3) is 0 Å². The van der Waals surface area contributed by atoms with Gasteiger partial charge in [0, 0.05) is 60.0 Å². The zero-order chi connectivity index (χ0) is 51.4. The van der Waals surface area contributed by atoms with Gasteiger partial charge in [0.15, 0.2) is 0 Å². The normalized spacial score (nSPS) is 28.3. The highest BCUT2D eigenvalue weighted by Gasteiger charge is 2.49. The van der Waals surface area contributed by atoms with Crippen molar-refractivity contribution in [2.24, 2.45) is 11.8 Å². The van der Waals surface area contributed by atoms with Crippen LogP contribution in [0.5, 0.6) is 11.5 Å². The molecular weight excluding hydrogens is 927 g/mol. The summed E-state index contributed by atoms with van der Waals surface area (Å²) in [5.74, 6) is 3.51. The Labute approximate surface area is 429 Å². The van der Waals surface area contributed by atoms with E-state index in [0.29, 0.717) is 64.9 Å². The molecule has 13 heteroatoms. The van der Waals surface area contributed by atoms with Gasteiger partial charge in [-0.3, -0.25) is 9.59 Å². The van der Waals surface area contributed by atoms with E-state index in [1.807, 2.05) is 37.3 Å². The minimum atomic E-state index is -1.65. The van der Waals surface area contributed by atoms with E-state index in [9.17, 15) is 40.2 Å². The van der Waals surface area contributed by atoms with E-state index in [2.05, 4.69) is 17.2 Å². The standard InChI is InChI=1S/C60H75NO12/c1-3-20-60(70)46-18-19-51(64)43(27-46)22-36-10-9-11-37(21-36)25-48(63)29-45-26-40(42-23-38(33-62)24-47(28-42)61-35-59(2,69)52(65)34-71-49-14-7-8-15-49)16-17-41-32-54(66)73-57-50(41)30-44(31-53(60)72-58(45)68)56(67)55(57)39-12-5-4-6-13-39/h9-11,21,23-24,28-30,39-41,43,46,48-49,52-53,61-63,65,67,69-70H,3-8,12-15,18-20,22,25-27,31-35H2,1-2H3. The summed E-state index contributed by atoms with van der Waals surface area (Å²) >= 11 is 0. The van der Waals surface area contributed by atoms with Gasteiger partial charge in [-0.15, -0.1) is 0 Å². The minimum absolute atomic E-state index is 0.0277. The number of ketones is 1. The highest BCUT2D eigenvalue weighted by molar-refractivity contribution is 5.89. The number of aliphatic hydroxyl groups excluding tert-OH is 3. The van der Waals surface area contributed by atoms with Gasteiger partial charge in [0.2, 0.25) is 0 Å². The Hall–Kier alpha value is -5.07. The van der Waals surface area contributed by atoms with Crippen molar-refractivity contribution in [3.05, 3.63) is 99.1 Å². The fourth-order valence-corrected chi connectivity index (χ4v) is 12.7. The third kappa shape index (κ3) is 12.1. The van der Waals surface area contributed by atoms with Crippen LogP contribution in [0.2, 0.25) is 0 Å². The van der Waals surface area contributed by atoms with Crippen LogP contribution < -0.4 is 10.1 Å². The number of aliphatic hydroxyl groups is 5. The molecule has 3 aromatic rings. The highest BCUT2D eigenvalue weighted by Crippen LogP contribution is 2.51. The van der Waals surface area contributed by atoms with Crippen molar-refractivity contribution in [2.75, 3.05) is 18.5 Å². The number of phenolic OH excluding ortho intramolecular Hbond substituents is 1. The number of nitrogens with one attached hydrogen (secondary N) is 1. The average molecular weight is 1000 g/mol. The molecule has 3 aromatic carbocycles. The summed E-state index contributed by atoms with van der Waals surface area (Å²) in [7, 11) is 0. The van der Waals surface area contributed by atoms with E-state index < -0.39 is 65.1 Å². The molecule has 8 bridgehead atoms. The lowest BCUT2D eigenvalue weighted by atomic mass is 9.66. The van der Waals surface area contributed by atoms with Gasteiger partial charge < -0.3 is 50.2 Å². The van der Waals surface area contributed by atoms with E-state index in [1.165, 1.54) is 13.0 Å². The molecule has 9 unspecified atom stereocenters. The number of hydrogen-bond donors (Lipinski definition) is 7. The van der Waals surface area contributed by atoms with E-state index in [-0.39, 0.29) is 87.4 Å². The molecule has 73 heavy (non-hydrogen) atoms. The van der Waals surface area contributed by atoms with Crippen LogP contribution in [0, 0.1) is 23.7 Å². The van der Waals surface area contributed by atoms with E-state index in [4.69, 9.17) is 14.2 Å². The second-order valence-corrected chi connectivity index (χ2v) is 22.4. The lowest BCUT2D eigenvalue weighted by molar-refractivity contribution is -0.176. The van der Waals surface area contributed by atoms with Gasteiger partial charge in [0.1, 0.15) is 40.7 Å². The molecular formula is C60H75NO12. The molecule has 7 N–H and O–H groups in total. The first-order chi connectivity index (χ1) is 35.1. The Morgan fingerprint density at radius 3 is 2.38 bits per heavy atom. The Kier molecular flexibility index (Phi) is 16.5. The number of carbonyl (C=O) groups excluding carboxylic acids is 3. The highest BCUT2D eigenvalue weighted by atomic mass is 16.6. The van der Waals surface area contributed by atoms with Crippen LogP contribution in [0.3, 0.4) is 0 Å². The topological polar surface area (TPSA) is 212 Å². The number of anilines is 1. The number of Topliss-reactive ketones (excluding diaryl/α,β-unsaturated/α-hetero) is 1. The molecule has 13 nitrogen and oxygen atoms in total. The van der Waals surface area contributed by atoms with Crippen LogP contribution in [0.1, 0.15) is 173 Å². The van der Waals surface area contributed by atoms with Crippen molar-refractivity contribution in [2.45, 2.75) is 196 Å². The van der Waals surface area contributed by atoms with E-state index in [1.54, 1.807) is 18.2 Å². The van der Waals surface area contributed by atoms with Crippen molar-refractivity contribution in [3.63, 3.8) is 0 Å². The maximum Gasteiger partial charge on any atom is 0.334 e. The number of rotatable bonds is 12. The Morgan fingerprint density at radius 2 is 1.63 bits per heavy atom. The lowest BCUT2D eigenvalue weighted by Gasteiger charge is -2.45. The SMILES string of the molecule is CCCC1(O)C2CCC(=O)C(Cc3cccc(c3)CC(O)C=C3CC(c4cc(CO)cc(NCC(C)(O)C(O)COC5CCCC5)c4)C#CC4CC(=O)Oc5c4cc(c(O)c5C4CCCCC4)CC1OC3=O)C2. The quantitative estimate of drug-likeness (QED) is 0.0521. The number of hydrogen-bond acceptors (Lipinski definition) is 13. The number of fused-ring (bicyclic) bond motifs is 8. The van der Waals surface area contributed by atoms with Crippen LogP contribution in [0.4, 0.5) is 5.69 Å². The number of aromatic hydroxyl groups is 1. The molecule has 3 aliphatic heterocycles. The van der Waals surface area contributed by atoms with Crippen molar-refractivity contribution >= 4 is 23.4 Å². The Balaban J connectivity index is 1.19. The van der Waals surface area contributed by atoms with Gasteiger partial charge in [-0.05, 0) is 129 Å². The summed E-state index contributed by atoms with van der Waals surface area (Å²) in [5, 5.41) is 74.5. The molecule has 9 atom stereocenters. The molecule has 0 radical (unpaired) electrons. The predicted octanol–water partition coefficient (Wildman–Crippen LogP) is 8.06. The molecule has 3 heterocycles. The second kappa shape index (κ2) is 22.8. The zero-order valence-electron chi connectivity index (χ0n) is 42.6. The van der Waals surface area contributed by atoms with Gasteiger partial charge in [-0.2, -0.15) is 0 Å². The lowest BCUT2D eigenvalue weighted by Crippen LogP contribution is -2.54. The van der Waals surface area contributed by atoms with Gasteiger partial charge >= 0.3 is 11.9 Å². The predicted molar refractivity (Wildman–Crippen MR) is 275 cm³/mol. The van der Waals surface area contributed by atoms with Crippen molar-refractivity contribution < 1.29 is 59.2 Å². The van der Waals surface area contributed by atoms with Crippen LogP contribution in [-0.2, 0) is 49.7 Å². The van der Waals surface area contributed by atoms with Crippen LogP contribution in [0.15, 0.2) is 60.2 Å². The summed E-state index contributed by atoms with van der Waals surface area (Å²) in [6.45, 7) is 3.04. The average Bonchev–Trinajstić information content (AvgIpc) is 3.90. The van der Waals surface area contributed by atoms with Crippen LogP contribution >= 0.6 is 0 Å². The minimum Gasteiger partial charge on any atom is -0.507 e. The monoisotopic (exact) mass is 1000 g/mol. The largest absolute Gasteiger partial charge is 0.507 e. The maximum atomic E-state index is 15.4. The van der Waals surface area contributed by atoms with Crippen molar-refractivity contribution in [1.82, 2.24) is 0 Å². The number of ether oxygens (including phenoxy) is 3. The molecule has 0 aromatic heterocycles. The summed E-state index contributed by atoms with van der Waals surface area (Å²) in [6, 6.07) is 14.9. The van der Waals surface area contributed by atoms with Crippen molar-refractivity contribution in [1.29, 1.82) is 0 Å². The van der Waals surface area contributed by atoms with Crippen LogP contribution in [-0.4, -0.2) is 97.1 Å². The molecule has 0 spiro atoms. The molecule has 6 aliphatic rings. The van der Waals surface area contributed by atoms with E-state index in [0.717, 1.165) is 68.9 Å². The third-order valence-corrected chi connectivity index (χ3v) is 16.9.